The molecule has 1 saturated heterocycles. The van der Waals surface area contributed by atoms with Crippen molar-refractivity contribution in [2.24, 2.45) is 0 Å². The Bertz CT molecular complexity index is 831. The lowest BCUT2D eigenvalue weighted by Crippen LogP contribution is -2.26. The maximum atomic E-state index is 12.5. The summed E-state index contributed by atoms with van der Waals surface area (Å²) in [6, 6.07) is 19.3. The topological polar surface area (TPSA) is 66.2 Å². The molecule has 0 spiro atoms. The van der Waals surface area contributed by atoms with E-state index in [-0.39, 0.29) is 18.5 Å². The van der Waals surface area contributed by atoms with Gasteiger partial charge in [0.25, 0.3) is 5.82 Å². The van der Waals surface area contributed by atoms with Gasteiger partial charge in [0.2, 0.25) is 0 Å². The average molecular weight is 363 g/mol. The zero-order valence-corrected chi connectivity index (χ0v) is 15.0. The number of benzene rings is 2. The highest BCUT2D eigenvalue weighted by molar-refractivity contribution is 5.86. The van der Waals surface area contributed by atoms with E-state index in [1.807, 2.05) is 60.7 Å². The van der Waals surface area contributed by atoms with Gasteiger partial charge in [-0.1, -0.05) is 48.5 Å². The number of ether oxygens (including phenoxy) is 2. The van der Waals surface area contributed by atoms with Crippen LogP contribution >= 0.6 is 0 Å². The average Bonchev–Trinajstić information content (AvgIpc) is 3.20. The molecule has 0 N–H and O–H groups in total. The zero-order valence-electron chi connectivity index (χ0n) is 15.0. The molecule has 2 aromatic carbocycles. The van der Waals surface area contributed by atoms with Crippen LogP contribution in [0.3, 0.4) is 0 Å². The molecule has 1 aliphatic rings. The fourth-order valence-electron chi connectivity index (χ4n) is 3.09. The Labute approximate surface area is 157 Å². The maximum Gasteiger partial charge on any atom is 0.378 e. The van der Waals surface area contributed by atoms with Crippen LogP contribution in [0.25, 0.3) is 17.1 Å². The molecule has 6 heteroatoms. The van der Waals surface area contributed by atoms with Crippen molar-refractivity contribution < 1.29 is 14.3 Å². The molecule has 1 atom stereocenters. The first kappa shape index (κ1) is 17.4. The van der Waals surface area contributed by atoms with Crippen LogP contribution in [-0.2, 0) is 9.47 Å². The Kier molecular flexibility index (Phi) is 5.25. The fourth-order valence-corrected chi connectivity index (χ4v) is 3.09. The molecule has 4 rings (SSSR count). The Morgan fingerprint density at radius 3 is 2.52 bits per heavy atom. The van der Waals surface area contributed by atoms with Gasteiger partial charge in [-0.05, 0) is 31.4 Å². The standard InChI is InChI=1S/C21H21N3O3/c25-21(27-15-18-13-7-8-14-26-18)19-22-20(16-9-3-1-4-10-16)24(23-19)17-11-5-2-6-12-17/h1-6,9-12,18H,7-8,13-15H2. The number of para-hydroxylation sites is 1. The summed E-state index contributed by atoms with van der Waals surface area (Å²) in [5.41, 5.74) is 1.71. The lowest BCUT2D eigenvalue weighted by molar-refractivity contribution is -0.0304. The van der Waals surface area contributed by atoms with E-state index in [0.29, 0.717) is 5.82 Å². The van der Waals surface area contributed by atoms with E-state index in [0.717, 1.165) is 37.1 Å². The van der Waals surface area contributed by atoms with Crippen LogP contribution in [0.1, 0.15) is 29.9 Å². The van der Waals surface area contributed by atoms with E-state index in [2.05, 4.69) is 10.1 Å². The van der Waals surface area contributed by atoms with Gasteiger partial charge >= 0.3 is 5.97 Å². The lowest BCUT2D eigenvalue weighted by atomic mass is 10.1. The monoisotopic (exact) mass is 363 g/mol. The predicted molar refractivity (Wildman–Crippen MR) is 101 cm³/mol. The number of aromatic nitrogens is 3. The normalized spacial score (nSPS) is 16.8. The van der Waals surface area contributed by atoms with Gasteiger partial charge in [0.05, 0.1) is 11.8 Å². The van der Waals surface area contributed by atoms with Crippen molar-refractivity contribution in [1.29, 1.82) is 0 Å². The molecule has 3 aromatic rings. The number of nitrogens with zero attached hydrogens (tertiary/aromatic N) is 3. The number of hydrogen-bond donors (Lipinski definition) is 0. The Morgan fingerprint density at radius 1 is 1.07 bits per heavy atom. The zero-order chi connectivity index (χ0) is 18.5. The Balaban J connectivity index is 1.60. The summed E-state index contributed by atoms with van der Waals surface area (Å²) < 4.78 is 12.7. The van der Waals surface area contributed by atoms with E-state index < -0.39 is 5.97 Å². The Hall–Kier alpha value is -2.99. The second-order valence-electron chi connectivity index (χ2n) is 6.46. The second-order valence-corrected chi connectivity index (χ2v) is 6.46. The SMILES string of the molecule is O=C(OCC1CCCCO1)c1nc(-c2ccccc2)n(-c2ccccc2)n1. The van der Waals surface area contributed by atoms with Crippen LogP contribution < -0.4 is 0 Å². The van der Waals surface area contributed by atoms with Gasteiger partial charge in [0.1, 0.15) is 6.61 Å². The molecule has 1 fully saturated rings. The summed E-state index contributed by atoms with van der Waals surface area (Å²) in [6.45, 7) is 0.959. The second kappa shape index (κ2) is 8.14. The molecular weight excluding hydrogens is 342 g/mol. The van der Waals surface area contributed by atoms with Gasteiger partial charge in [0.15, 0.2) is 5.82 Å². The highest BCUT2D eigenvalue weighted by atomic mass is 16.6. The van der Waals surface area contributed by atoms with Crippen molar-refractivity contribution >= 4 is 5.97 Å². The van der Waals surface area contributed by atoms with Gasteiger partial charge in [-0.15, -0.1) is 5.10 Å². The van der Waals surface area contributed by atoms with Crippen LogP contribution in [0.4, 0.5) is 0 Å². The highest BCUT2D eigenvalue weighted by Gasteiger charge is 2.22. The van der Waals surface area contributed by atoms with E-state index in [1.54, 1.807) is 4.68 Å². The largest absolute Gasteiger partial charge is 0.457 e. The third-order valence-electron chi connectivity index (χ3n) is 4.50. The van der Waals surface area contributed by atoms with Crippen molar-refractivity contribution in [3.05, 3.63) is 66.5 Å². The molecule has 6 nitrogen and oxygen atoms in total. The van der Waals surface area contributed by atoms with Crippen molar-refractivity contribution in [1.82, 2.24) is 14.8 Å². The molecule has 1 unspecified atom stereocenters. The summed E-state index contributed by atoms with van der Waals surface area (Å²) in [5.74, 6) is 0.118. The molecule has 1 aromatic heterocycles. The van der Waals surface area contributed by atoms with Crippen molar-refractivity contribution in [3.63, 3.8) is 0 Å². The Morgan fingerprint density at radius 2 is 1.81 bits per heavy atom. The molecule has 1 aliphatic heterocycles. The molecule has 138 valence electrons. The van der Waals surface area contributed by atoms with Crippen molar-refractivity contribution in [2.75, 3.05) is 13.2 Å². The number of hydrogen-bond acceptors (Lipinski definition) is 5. The van der Waals surface area contributed by atoms with Crippen LogP contribution in [0, 0.1) is 0 Å². The molecule has 0 radical (unpaired) electrons. The van der Waals surface area contributed by atoms with Crippen LogP contribution in [0.5, 0.6) is 0 Å². The minimum atomic E-state index is -0.531. The van der Waals surface area contributed by atoms with Crippen LogP contribution in [0.15, 0.2) is 60.7 Å². The summed E-state index contributed by atoms with van der Waals surface area (Å²) in [5, 5.41) is 4.41. The van der Waals surface area contributed by atoms with E-state index >= 15 is 0 Å². The molecule has 0 aliphatic carbocycles. The van der Waals surface area contributed by atoms with Gasteiger partial charge in [0, 0.05) is 12.2 Å². The van der Waals surface area contributed by atoms with Crippen LogP contribution in [-0.4, -0.2) is 40.1 Å². The maximum absolute atomic E-state index is 12.5. The molecule has 0 amide bonds. The third-order valence-corrected chi connectivity index (χ3v) is 4.50. The van der Waals surface area contributed by atoms with Crippen molar-refractivity contribution in [3.8, 4) is 17.1 Å². The summed E-state index contributed by atoms with van der Waals surface area (Å²) >= 11 is 0. The minimum absolute atomic E-state index is 0.0347. The highest BCUT2D eigenvalue weighted by Crippen LogP contribution is 2.21. The van der Waals surface area contributed by atoms with Crippen molar-refractivity contribution in [2.45, 2.75) is 25.4 Å². The number of carbonyl (C=O) groups excluding carboxylic acids is 1. The molecular formula is C21H21N3O3. The third kappa shape index (κ3) is 4.06. The quantitative estimate of drug-likeness (QED) is 0.647. The molecule has 0 saturated carbocycles. The van der Waals surface area contributed by atoms with Gasteiger partial charge < -0.3 is 9.47 Å². The molecule has 0 bridgehead atoms. The first-order valence-corrected chi connectivity index (χ1v) is 9.18. The van der Waals surface area contributed by atoms with E-state index in [1.165, 1.54) is 0 Å². The van der Waals surface area contributed by atoms with Gasteiger partial charge in [-0.2, -0.15) is 0 Å². The molecule has 27 heavy (non-hydrogen) atoms. The van der Waals surface area contributed by atoms with E-state index in [4.69, 9.17) is 9.47 Å². The van der Waals surface area contributed by atoms with E-state index in [9.17, 15) is 4.79 Å². The number of rotatable bonds is 5. The van der Waals surface area contributed by atoms with Crippen LogP contribution in [0.2, 0.25) is 0 Å². The van der Waals surface area contributed by atoms with Gasteiger partial charge in [-0.25, -0.2) is 14.5 Å². The lowest BCUT2D eigenvalue weighted by Gasteiger charge is -2.21. The fraction of sp³-hybridized carbons (Fsp3) is 0.286. The first-order valence-electron chi connectivity index (χ1n) is 9.18. The first-order chi connectivity index (χ1) is 13.3. The summed E-state index contributed by atoms with van der Waals surface area (Å²) in [6.07, 6.45) is 3.04. The predicted octanol–water partition coefficient (Wildman–Crippen LogP) is 3.66. The summed E-state index contributed by atoms with van der Waals surface area (Å²) in [4.78, 5) is 17.0. The molecule has 2 heterocycles. The van der Waals surface area contributed by atoms with Gasteiger partial charge in [-0.3, -0.25) is 0 Å². The summed E-state index contributed by atoms with van der Waals surface area (Å²) in [7, 11) is 0. The number of carbonyl (C=O) groups is 1. The minimum Gasteiger partial charge on any atom is -0.457 e. The smallest absolute Gasteiger partial charge is 0.378 e. The number of esters is 1.